The largest absolute Gasteiger partial charge is 0.448 e. The lowest BCUT2D eigenvalue weighted by Gasteiger charge is -2.07. The van der Waals surface area contributed by atoms with Crippen molar-refractivity contribution >= 4 is 27.8 Å². The maximum Gasteiger partial charge on any atom is 0.404 e. The summed E-state index contributed by atoms with van der Waals surface area (Å²) in [5.74, 6) is 1.43. The summed E-state index contributed by atoms with van der Waals surface area (Å²) in [5, 5.41) is 3.00. The van der Waals surface area contributed by atoms with E-state index in [4.69, 9.17) is 5.73 Å². The maximum atomic E-state index is 10.3. The Morgan fingerprint density at radius 1 is 1.62 bits per heavy atom. The van der Waals surface area contributed by atoms with Gasteiger partial charge in [-0.05, 0) is 15.9 Å². The molecule has 0 saturated carbocycles. The molecule has 1 aromatic heterocycles. The lowest BCUT2D eigenvalue weighted by atomic mass is 10.4. The summed E-state index contributed by atoms with van der Waals surface area (Å²) in [6, 6.07) is 1.75. The number of hydrogen-bond acceptors (Lipinski definition) is 5. The number of rotatable bonds is 5. The molecule has 1 rings (SSSR count). The van der Waals surface area contributed by atoms with Crippen LogP contribution in [0.5, 0.6) is 0 Å². The summed E-state index contributed by atoms with van der Waals surface area (Å²) in [5.41, 5.74) is 4.82. The van der Waals surface area contributed by atoms with Crippen molar-refractivity contribution in [2.75, 3.05) is 18.5 Å². The van der Waals surface area contributed by atoms with E-state index >= 15 is 0 Å². The van der Waals surface area contributed by atoms with Crippen molar-refractivity contribution in [3.63, 3.8) is 0 Å². The standard InChI is InChI=1S/C9H13BrN4O2/c1-2-7-13-6(10)5-8(14-7)12-3-4-16-9(11)15/h5H,2-4H2,1H3,(H2,11,15)(H,12,13,14). The van der Waals surface area contributed by atoms with Crippen molar-refractivity contribution in [2.45, 2.75) is 13.3 Å². The van der Waals surface area contributed by atoms with Gasteiger partial charge in [-0.2, -0.15) is 0 Å². The topological polar surface area (TPSA) is 90.1 Å². The molecule has 0 saturated heterocycles. The average molecular weight is 289 g/mol. The zero-order valence-corrected chi connectivity index (χ0v) is 10.5. The van der Waals surface area contributed by atoms with Crippen LogP contribution in [-0.2, 0) is 11.2 Å². The highest BCUT2D eigenvalue weighted by atomic mass is 79.9. The molecule has 6 nitrogen and oxygen atoms in total. The summed E-state index contributed by atoms with van der Waals surface area (Å²) >= 11 is 3.29. The third kappa shape index (κ3) is 4.43. The second-order valence-corrected chi connectivity index (χ2v) is 3.75. The minimum absolute atomic E-state index is 0.207. The highest BCUT2D eigenvalue weighted by Crippen LogP contribution is 2.12. The van der Waals surface area contributed by atoms with E-state index in [-0.39, 0.29) is 6.61 Å². The van der Waals surface area contributed by atoms with Crippen LogP contribution >= 0.6 is 15.9 Å². The van der Waals surface area contributed by atoms with Crippen LogP contribution in [0.3, 0.4) is 0 Å². The first-order valence-corrected chi connectivity index (χ1v) is 5.60. The minimum atomic E-state index is -0.778. The molecule has 16 heavy (non-hydrogen) atoms. The molecule has 0 aromatic carbocycles. The Morgan fingerprint density at radius 2 is 2.38 bits per heavy atom. The Bertz CT molecular complexity index is 373. The Kier molecular flexibility index (Phi) is 4.97. The van der Waals surface area contributed by atoms with Gasteiger partial charge in [0.15, 0.2) is 0 Å². The van der Waals surface area contributed by atoms with Crippen molar-refractivity contribution in [3.05, 3.63) is 16.5 Å². The van der Waals surface area contributed by atoms with Crippen LogP contribution in [0, 0.1) is 0 Å². The van der Waals surface area contributed by atoms with E-state index in [1.807, 2.05) is 6.92 Å². The SMILES string of the molecule is CCc1nc(Br)cc(NCCOC(N)=O)n1. The van der Waals surface area contributed by atoms with E-state index in [1.54, 1.807) is 6.07 Å². The normalized spacial score (nSPS) is 9.88. The molecule has 3 N–H and O–H groups in total. The van der Waals surface area contributed by atoms with Crippen molar-refractivity contribution in [2.24, 2.45) is 5.73 Å². The molecule has 0 aliphatic rings. The van der Waals surface area contributed by atoms with Gasteiger partial charge in [-0.25, -0.2) is 14.8 Å². The predicted molar refractivity (Wildman–Crippen MR) is 63.1 cm³/mol. The molecule has 0 aliphatic heterocycles. The Labute approximate surface area is 102 Å². The molecular weight excluding hydrogens is 276 g/mol. The van der Waals surface area contributed by atoms with E-state index in [0.717, 1.165) is 16.8 Å². The van der Waals surface area contributed by atoms with E-state index in [1.165, 1.54) is 0 Å². The monoisotopic (exact) mass is 288 g/mol. The molecule has 0 fully saturated rings. The van der Waals surface area contributed by atoms with Crippen LogP contribution in [0.25, 0.3) is 0 Å². The molecular formula is C9H13BrN4O2. The van der Waals surface area contributed by atoms with Gasteiger partial charge in [0.1, 0.15) is 22.9 Å². The second kappa shape index (κ2) is 6.26. The number of carbonyl (C=O) groups is 1. The van der Waals surface area contributed by atoms with Gasteiger partial charge >= 0.3 is 6.09 Å². The van der Waals surface area contributed by atoms with Gasteiger partial charge in [0, 0.05) is 12.5 Å². The highest BCUT2D eigenvalue weighted by molar-refractivity contribution is 9.10. The molecule has 0 radical (unpaired) electrons. The van der Waals surface area contributed by atoms with Crippen molar-refractivity contribution in [3.8, 4) is 0 Å². The molecule has 7 heteroatoms. The number of ether oxygens (including phenoxy) is 1. The molecule has 0 atom stereocenters. The molecule has 0 unspecified atom stereocenters. The van der Waals surface area contributed by atoms with Gasteiger partial charge in [0.25, 0.3) is 0 Å². The number of anilines is 1. The number of amides is 1. The fraction of sp³-hybridized carbons (Fsp3) is 0.444. The lowest BCUT2D eigenvalue weighted by Crippen LogP contribution is -2.18. The van der Waals surface area contributed by atoms with Gasteiger partial charge in [-0.3, -0.25) is 0 Å². The average Bonchev–Trinajstić information content (AvgIpc) is 2.23. The Hall–Kier alpha value is -1.37. The van der Waals surface area contributed by atoms with Crippen LogP contribution in [0.4, 0.5) is 10.6 Å². The third-order valence-electron chi connectivity index (χ3n) is 1.71. The number of nitrogens with zero attached hydrogens (tertiary/aromatic N) is 2. The number of aryl methyl sites for hydroxylation is 1. The number of carbonyl (C=O) groups excluding carboxylic acids is 1. The van der Waals surface area contributed by atoms with Crippen LogP contribution in [0.1, 0.15) is 12.7 Å². The molecule has 0 spiro atoms. The van der Waals surface area contributed by atoms with Gasteiger partial charge in [0.05, 0.1) is 6.54 Å². The summed E-state index contributed by atoms with van der Waals surface area (Å²) < 4.78 is 5.29. The van der Waals surface area contributed by atoms with Gasteiger partial charge in [0.2, 0.25) is 0 Å². The van der Waals surface area contributed by atoms with E-state index in [9.17, 15) is 4.79 Å². The Balaban J connectivity index is 2.47. The fourth-order valence-corrected chi connectivity index (χ4v) is 1.47. The predicted octanol–water partition coefficient (Wildman–Crippen LogP) is 1.31. The van der Waals surface area contributed by atoms with E-state index < -0.39 is 6.09 Å². The first-order chi connectivity index (χ1) is 7.61. The van der Waals surface area contributed by atoms with Gasteiger partial charge in [-0.15, -0.1) is 0 Å². The van der Waals surface area contributed by atoms with Gasteiger partial charge in [-0.1, -0.05) is 6.92 Å². The lowest BCUT2D eigenvalue weighted by molar-refractivity contribution is 0.161. The zero-order chi connectivity index (χ0) is 12.0. The molecule has 1 amide bonds. The molecule has 1 heterocycles. The van der Waals surface area contributed by atoms with Crippen LogP contribution < -0.4 is 11.1 Å². The van der Waals surface area contributed by atoms with Crippen molar-refractivity contribution in [1.29, 1.82) is 0 Å². The number of hydrogen-bond donors (Lipinski definition) is 2. The highest BCUT2D eigenvalue weighted by Gasteiger charge is 2.01. The van der Waals surface area contributed by atoms with Crippen LogP contribution in [0.15, 0.2) is 10.7 Å². The summed E-state index contributed by atoms with van der Waals surface area (Å²) in [7, 11) is 0. The summed E-state index contributed by atoms with van der Waals surface area (Å²) in [6.45, 7) is 2.63. The van der Waals surface area contributed by atoms with Gasteiger partial charge < -0.3 is 15.8 Å². The second-order valence-electron chi connectivity index (χ2n) is 2.94. The minimum Gasteiger partial charge on any atom is -0.448 e. The molecule has 0 bridgehead atoms. The number of nitrogens with one attached hydrogen (secondary N) is 1. The number of primary amides is 1. The van der Waals surface area contributed by atoms with E-state index in [0.29, 0.717) is 12.4 Å². The Morgan fingerprint density at radius 3 is 3.00 bits per heavy atom. The zero-order valence-electron chi connectivity index (χ0n) is 8.86. The molecule has 0 aliphatic carbocycles. The number of nitrogens with two attached hydrogens (primary N) is 1. The van der Waals surface area contributed by atoms with E-state index in [2.05, 4.69) is 36.0 Å². The smallest absolute Gasteiger partial charge is 0.404 e. The van der Waals surface area contributed by atoms with Crippen LogP contribution in [-0.4, -0.2) is 29.2 Å². The summed E-state index contributed by atoms with van der Waals surface area (Å²) in [6.07, 6.45) is -0.0220. The summed E-state index contributed by atoms with van der Waals surface area (Å²) in [4.78, 5) is 18.7. The van der Waals surface area contributed by atoms with Crippen LogP contribution in [0.2, 0.25) is 0 Å². The maximum absolute atomic E-state index is 10.3. The fourth-order valence-electron chi connectivity index (χ4n) is 1.04. The molecule has 1 aromatic rings. The van der Waals surface area contributed by atoms with Crippen molar-refractivity contribution in [1.82, 2.24) is 9.97 Å². The number of halogens is 1. The number of aromatic nitrogens is 2. The first-order valence-electron chi connectivity index (χ1n) is 4.81. The first kappa shape index (κ1) is 12.7. The van der Waals surface area contributed by atoms with Crippen molar-refractivity contribution < 1.29 is 9.53 Å². The quantitative estimate of drug-likeness (QED) is 0.630. The molecule has 88 valence electrons. The third-order valence-corrected chi connectivity index (χ3v) is 2.12.